The highest BCUT2D eigenvalue weighted by Gasteiger charge is 2.73. The second kappa shape index (κ2) is 4.26. The number of benzene rings is 1. The van der Waals surface area contributed by atoms with Gasteiger partial charge in [-0.05, 0) is 42.2 Å². The van der Waals surface area contributed by atoms with Crippen molar-refractivity contribution in [3.05, 3.63) is 35.9 Å². The van der Waals surface area contributed by atoms with Crippen LogP contribution in [0.5, 0.6) is 11.5 Å². The van der Waals surface area contributed by atoms with E-state index in [9.17, 15) is 19.8 Å². The van der Waals surface area contributed by atoms with Crippen LogP contribution in [0.4, 0.5) is 0 Å². The summed E-state index contributed by atoms with van der Waals surface area (Å²) in [5.41, 5.74) is 0.510. The van der Waals surface area contributed by atoms with E-state index < -0.39 is 0 Å². The zero-order valence-corrected chi connectivity index (χ0v) is 12.8. The first-order chi connectivity index (χ1) is 11.5. The summed E-state index contributed by atoms with van der Waals surface area (Å²) in [5.74, 6) is -0.898. The van der Waals surface area contributed by atoms with Crippen molar-refractivity contribution in [1.29, 1.82) is 0 Å². The molecule has 3 fully saturated rings. The number of hydrogen-bond donors (Lipinski definition) is 2. The lowest BCUT2D eigenvalue weighted by molar-refractivity contribution is -0.141. The molecule has 24 heavy (non-hydrogen) atoms. The molecular formula is C18H16N2O4. The van der Waals surface area contributed by atoms with Gasteiger partial charge >= 0.3 is 0 Å². The molecule has 1 saturated heterocycles. The second-order valence-electron chi connectivity index (χ2n) is 7.20. The van der Waals surface area contributed by atoms with Gasteiger partial charge in [-0.2, -0.15) is 10.1 Å². The van der Waals surface area contributed by atoms with Crippen molar-refractivity contribution in [3.8, 4) is 11.5 Å². The average Bonchev–Trinajstić information content (AvgIpc) is 3.15. The summed E-state index contributed by atoms with van der Waals surface area (Å²) in [6.07, 6.45) is 7.72. The molecule has 4 aliphatic rings. The molecule has 2 saturated carbocycles. The number of nitrogens with zero attached hydrogens (tertiary/aromatic N) is 2. The van der Waals surface area contributed by atoms with Crippen LogP contribution in [0, 0.1) is 29.1 Å². The van der Waals surface area contributed by atoms with Crippen LogP contribution in [0.3, 0.4) is 0 Å². The highest BCUT2D eigenvalue weighted by atomic mass is 16.3. The van der Waals surface area contributed by atoms with Gasteiger partial charge < -0.3 is 10.2 Å². The van der Waals surface area contributed by atoms with E-state index in [2.05, 4.69) is 17.3 Å². The number of carbonyl (C=O) groups excluding carboxylic acids is 2. The number of aromatic hydroxyl groups is 2. The molecule has 2 amide bonds. The average molecular weight is 324 g/mol. The topological polar surface area (TPSA) is 90.2 Å². The van der Waals surface area contributed by atoms with Crippen molar-refractivity contribution >= 4 is 18.0 Å². The molecule has 2 N–H and O–H groups in total. The van der Waals surface area contributed by atoms with Crippen LogP contribution in [0.15, 0.2) is 35.5 Å². The normalized spacial score (nSPS) is 34.8. The molecule has 1 aromatic carbocycles. The van der Waals surface area contributed by atoms with Gasteiger partial charge in [0, 0.05) is 11.6 Å². The summed E-state index contributed by atoms with van der Waals surface area (Å²) in [4.78, 5) is 25.4. The maximum Gasteiger partial charge on any atom is 0.254 e. The maximum atomic E-state index is 12.7. The zero-order valence-electron chi connectivity index (χ0n) is 12.8. The van der Waals surface area contributed by atoms with Crippen LogP contribution in [0.25, 0.3) is 0 Å². The molecule has 4 unspecified atom stereocenters. The molecule has 6 heteroatoms. The summed E-state index contributed by atoms with van der Waals surface area (Å²) >= 11 is 0. The first-order valence-electron chi connectivity index (χ1n) is 8.15. The molecule has 2 bridgehead atoms. The van der Waals surface area contributed by atoms with Crippen LogP contribution < -0.4 is 0 Å². The van der Waals surface area contributed by atoms with Gasteiger partial charge in [-0.3, -0.25) is 9.59 Å². The highest BCUT2D eigenvalue weighted by Crippen LogP contribution is 2.73. The third kappa shape index (κ3) is 1.53. The Kier molecular flexibility index (Phi) is 2.44. The molecular weight excluding hydrogens is 308 g/mol. The van der Waals surface area contributed by atoms with Crippen LogP contribution >= 0.6 is 0 Å². The van der Waals surface area contributed by atoms with E-state index in [4.69, 9.17) is 0 Å². The van der Waals surface area contributed by atoms with Crippen LogP contribution in [0.1, 0.15) is 18.4 Å². The number of allylic oxidation sites excluding steroid dienone is 2. The number of hydrazone groups is 1. The number of fused-ring (bicyclic) bond motifs is 3. The second-order valence-corrected chi connectivity index (χ2v) is 7.20. The minimum absolute atomic E-state index is 0.0649. The fourth-order valence-corrected chi connectivity index (χ4v) is 4.94. The monoisotopic (exact) mass is 324 g/mol. The summed E-state index contributed by atoms with van der Waals surface area (Å²) in [6, 6.07) is 4.07. The van der Waals surface area contributed by atoms with Crippen LogP contribution in [-0.2, 0) is 9.59 Å². The molecule has 3 aliphatic carbocycles. The summed E-state index contributed by atoms with van der Waals surface area (Å²) in [5, 5.41) is 24.1. The number of phenols is 2. The SMILES string of the molecule is O=C1C2C(C(=O)N1/N=C/c1ccc(O)cc1O)C1C=CC2C12CC2. The maximum absolute atomic E-state index is 12.7. The lowest BCUT2D eigenvalue weighted by Crippen LogP contribution is -2.30. The predicted octanol–water partition coefficient (Wildman–Crippen LogP) is 1.63. The molecule has 1 aliphatic heterocycles. The number of hydrogen-bond acceptors (Lipinski definition) is 5. The lowest BCUT2D eigenvalue weighted by Gasteiger charge is -2.18. The number of phenolic OH excluding ortho intramolecular Hbond substituents is 2. The Morgan fingerprint density at radius 3 is 2.25 bits per heavy atom. The fourth-order valence-electron chi connectivity index (χ4n) is 4.94. The third-order valence-electron chi connectivity index (χ3n) is 6.16. The van der Waals surface area contributed by atoms with E-state index in [1.165, 1.54) is 24.4 Å². The van der Waals surface area contributed by atoms with E-state index in [0.717, 1.165) is 17.9 Å². The van der Waals surface area contributed by atoms with Crippen LogP contribution in [0.2, 0.25) is 0 Å². The van der Waals surface area contributed by atoms with Gasteiger partial charge in [-0.15, -0.1) is 0 Å². The van der Waals surface area contributed by atoms with Gasteiger partial charge in [0.05, 0.1) is 18.1 Å². The Hall–Kier alpha value is -2.63. The van der Waals surface area contributed by atoms with E-state index in [1.807, 2.05) is 0 Å². The van der Waals surface area contributed by atoms with Crippen molar-refractivity contribution in [2.24, 2.45) is 34.2 Å². The molecule has 122 valence electrons. The van der Waals surface area contributed by atoms with Crippen molar-refractivity contribution in [2.75, 3.05) is 0 Å². The number of imide groups is 1. The third-order valence-corrected chi connectivity index (χ3v) is 6.16. The Morgan fingerprint density at radius 1 is 1.08 bits per heavy atom. The first-order valence-corrected chi connectivity index (χ1v) is 8.15. The molecule has 4 atom stereocenters. The van der Waals surface area contributed by atoms with Gasteiger partial charge in [-0.1, -0.05) is 12.2 Å². The minimum Gasteiger partial charge on any atom is -0.508 e. The summed E-state index contributed by atoms with van der Waals surface area (Å²) < 4.78 is 0. The Labute approximate surface area is 138 Å². The molecule has 1 aromatic rings. The zero-order chi connectivity index (χ0) is 16.6. The summed E-state index contributed by atoms with van der Waals surface area (Å²) in [6.45, 7) is 0. The van der Waals surface area contributed by atoms with Crippen LogP contribution in [-0.4, -0.2) is 33.3 Å². The minimum atomic E-state index is -0.277. The quantitative estimate of drug-likeness (QED) is 0.491. The summed E-state index contributed by atoms with van der Waals surface area (Å²) in [7, 11) is 0. The van der Waals surface area contributed by atoms with Gasteiger partial charge in [0.25, 0.3) is 11.8 Å². The molecule has 0 radical (unpaired) electrons. The van der Waals surface area contributed by atoms with Crippen molar-refractivity contribution < 1.29 is 19.8 Å². The molecule has 6 nitrogen and oxygen atoms in total. The Morgan fingerprint density at radius 2 is 1.71 bits per heavy atom. The molecule has 1 heterocycles. The van der Waals surface area contributed by atoms with Crippen molar-refractivity contribution in [2.45, 2.75) is 12.8 Å². The van der Waals surface area contributed by atoms with Gasteiger partial charge in [-0.25, -0.2) is 0 Å². The number of amides is 2. The highest BCUT2D eigenvalue weighted by molar-refractivity contribution is 6.07. The van der Waals surface area contributed by atoms with E-state index in [-0.39, 0.29) is 52.4 Å². The molecule has 0 aromatic heterocycles. The van der Waals surface area contributed by atoms with Crippen molar-refractivity contribution in [3.63, 3.8) is 0 Å². The molecule has 5 rings (SSSR count). The molecule has 1 spiro atoms. The Bertz CT molecular complexity index is 805. The van der Waals surface area contributed by atoms with Crippen molar-refractivity contribution in [1.82, 2.24) is 5.01 Å². The van der Waals surface area contributed by atoms with E-state index >= 15 is 0 Å². The van der Waals surface area contributed by atoms with Gasteiger partial charge in [0.15, 0.2) is 0 Å². The van der Waals surface area contributed by atoms with Gasteiger partial charge in [0.2, 0.25) is 0 Å². The Balaban J connectivity index is 1.44. The van der Waals surface area contributed by atoms with E-state index in [0.29, 0.717) is 5.56 Å². The smallest absolute Gasteiger partial charge is 0.254 e. The number of carbonyl (C=O) groups is 2. The number of rotatable bonds is 2. The first kappa shape index (κ1) is 13.8. The fraction of sp³-hybridized carbons (Fsp3) is 0.389. The largest absolute Gasteiger partial charge is 0.508 e. The standard InChI is InChI=1S/C18H16N2O4/c21-10-2-1-9(13(22)7-10)8-19-20-16(23)14-11-3-4-12(15(14)17(20)24)18(11)5-6-18/h1-4,7-8,11-12,14-15,21-22H,5-6H2/b19-8+. The predicted molar refractivity (Wildman–Crippen MR) is 84.0 cm³/mol. The van der Waals surface area contributed by atoms with E-state index in [1.54, 1.807) is 0 Å². The van der Waals surface area contributed by atoms with Gasteiger partial charge in [0.1, 0.15) is 11.5 Å². The lowest BCUT2D eigenvalue weighted by atomic mass is 9.85.